The van der Waals surface area contributed by atoms with Crippen LogP contribution in [-0.2, 0) is 0 Å². The Morgan fingerprint density at radius 3 is 2.31 bits per heavy atom. The highest BCUT2D eigenvalue weighted by atomic mass is 35.5. The van der Waals surface area contributed by atoms with E-state index in [9.17, 15) is 9.59 Å². The standard InChI is InChI=1S/C12H6Cl2O2/c13-11(15)8-5-4-7-2-1-3-9(12(14)16)10(7)6-8/h1-6H. The van der Waals surface area contributed by atoms with Crippen LogP contribution >= 0.6 is 23.2 Å². The van der Waals surface area contributed by atoms with Crippen molar-refractivity contribution in [3.05, 3.63) is 47.5 Å². The molecule has 2 aromatic rings. The van der Waals surface area contributed by atoms with E-state index in [1.807, 2.05) is 6.07 Å². The summed E-state index contributed by atoms with van der Waals surface area (Å²) < 4.78 is 0. The van der Waals surface area contributed by atoms with Crippen molar-refractivity contribution < 1.29 is 9.59 Å². The second kappa shape index (κ2) is 4.24. The Morgan fingerprint density at radius 1 is 0.938 bits per heavy atom. The molecule has 2 rings (SSSR count). The maximum absolute atomic E-state index is 11.2. The van der Waals surface area contributed by atoms with E-state index in [0.29, 0.717) is 16.5 Å². The van der Waals surface area contributed by atoms with E-state index >= 15 is 0 Å². The van der Waals surface area contributed by atoms with Crippen LogP contribution in [0.25, 0.3) is 10.8 Å². The number of fused-ring (bicyclic) bond motifs is 1. The van der Waals surface area contributed by atoms with E-state index < -0.39 is 10.5 Å². The Balaban J connectivity index is 2.78. The van der Waals surface area contributed by atoms with Gasteiger partial charge in [0.15, 0.2) is 0 Å². The van der Waals surface area contributed by atoms with Gasteiger partial charge in [0.1, 0.15) is 0 Å². The fourth-order valence-electron chi connectivity index (χ4n) is 1.57. The highest BCUT2D eigenvalue weighted by Gasteiger charge is 2.09. The molecule has 0 aliphatic heterocycles. The van der Waals surface area contributed by atoms with Crippen LogP contribution in [0, 0.1) is 0 Å². The van der Waals surface area contributed by atoms with Crippen molar-refractivity contribution in [1.29, 1.82) is 0 Å². The number of benzene rings is 2. The van der Waals surface area contributed by atoms with Gasteiger partial charge in [-0.25, -0.2) is 0 Å². The second-order valence-corrected chi connectivity index (χ2v) is 3.98. The topological polar surface area (TPSA) is 34.1 Å². The second-order valence-electron chi connectivity index (χ2n) is 3.29. The fraction of sp³-hybridized carbons (Fsp3) is 0. The number of carbonyl (C=O) groups excluding carboxylic acids is 2. The molecule has 0 amide bonds. The molecule has 0 fully saturated rings. The first kappa shape index (κ1) is 11.1. The van der Waals surface area contributed by atoms with Crippen molar-refractivity contribution >= 4 is 44.5 Å². The van der Waals surface area contributed by atoms with Crippen molar-refractivity contribution in [2.45, 2.75) is 0 Å². The van der Waals surface area contributed by atoms with Gasteiger partial charge in [0.2, 0.25) is 0 Å². The molecule has 80 valence electrons. The maximum atomic E-state index is 11.2. The minimum Gasteiger partial charge on any atom is -0.276 e. The van der Waals surface area contributed by atoms with Gasteiger partial charge >= 0.3 is 0 Å². The number of halogens is 2. The molecular formula is C12H6Cl2O2. The van der Waals surface area contributed by atoms with Gasteiger partial charge in [-0.1, -0.05) is 18.2 Å². The number of carbonyl (C=O) groups is 2. The highest BCUT2D eigenvalue weighted by molar-refractivity contribution is 6.69. The molecule has 0 aliphatic carbocycles. The van der Waals surface area contributed by atoms with Gasteiger partial charge in [-0.2, -0.15) is 0 Å². The molecule has 0 saturated heterocycles. The van der Waals surface area contributed by atoms with Crippen molar-refractivity contribution in [3.63, 3.8) is 0 Å². The summed E-state index contributed by atoms with van der Waals surface area (Å²) in [6, 6.07) is 10.1. The molecule has 0 heterocycles. The Labute approximate surface area is 102 Å². The summed E-state index contributed by atoms with van der Waals surface area (Å²) in [5.74, 6) is 0. The molecule has 0 radical (unpaired) electrons. The molecule has 0 aliphatic rings. The van der Waals surface area contributed by atoms with E-state index in [-0.39, 0.29) is 0 Å². The van der Waals surface area contributed by atoms with E-state index in [1.54, 1.807) is 30.3 Å². The third kappa shape index (κ3) is 1.94. The lowest BCUT2D eigenvalue weighted by Gasteiger charge is -2.03. The molecule has 0 unspecified atom stereocenters. The summed E-state index contributed by atoms with van der Waals surface area (Å²) in [4.78, 5) is 22.2. The quantitative estimate of drug-likeness (QED) is 0.766. The van der Waals surface area contributed by atoms with Crippen LogP contribution in [0.4, 0.5) is 0 Å². The lowest BCUT2D eigenvalue weighted by molar-refractivity contribution is 0.107. The zero-order valence-corrected chi connectivity index (χ0v) is 9.55. The van der Waals surface area contributed by atoms with Crippen LogP contribution in [0.3, 0.4) is 0 Å². The summed E-state index contributed by atoms with van der Waals surface area (Å²) in [6.45, 7) is 0. The normalized spacial score (nSPS) is 10.4. The number of rotatable bonds is 2. The third-order valence-electron chi connectivity index (χ3n) is 2.32. The molecule has 0 spiro atoms. The summed E-state index contributed by atoms with van der Waals surface area (Å²) in [5.41, 5.74) is 0.721. The summed E-state index contributed by atoms with van der Waals surface area (Å²) in [6.07, 6.45) is 0. The highest BCUT2D eigenvalue weighted by Crippen LogP contribution is 2.22. The smallest absolute Gasteiger partial charge is 0.253 e. The SMILES string of the molecule is O=C(Cl)c1ccc2cccc(C(=O)Cl)c2c1. The van der Waals surface area contributed by atoms with Gasteiger partial charge < -0.3 is 0 Å². The molecule has 16 heavy (non-hydrogen) atoms. The first-order valence-corrected chi connectivity index (χ1v) is 5.27. The van der Waals surface area contributed by atoms with E-state index in [2.05, 4.69) is 0 Å². The van der Waals surface area contributed by atoms with Gasteiger partial charge in [-0.3, -0.25) is 9.59 Å². The number of hydrogen-bond donors (Lipinski definition) is 0. The van der Waals surface area contributed by atoms with Gasteiger partial charge in [-0.15, -0.1) is 0 Å². The molecule has 2 nitrogen and oxygen atoms in total. The molecule has 0 atom stereocenters. The first-order chi connectivity index (χ1) is 7.59. The Kier molecular flexibility index (Phi) is 2.95. The lowest BCUT2D eigenvalue weighted by atomic mass is 10.0. The number of hydrogen-bond acceptors (Lipinski definition) is 2. The monoisotopic (exact) mass is 252 g/mol. The van der Waals surface area contributed by atoms with Gasteiger partial charge in [-0.05, 0) is 52.2 Å². The molecule has 0 aromatic heterocycles. The van der Waals surface area contributed by atoms with Gasteiger partial charge in [0.25, 0.3) is 10.5 Å². The molecule has 0 bridgehead atoms. The van der Waals surface area contributed by atoms with Crippen molar-refractivity contribution in [2.75, 3.05) is 0 Å². The average Bonchev–Trinajstić information content (AvgIpc) is 2.27. The summed E-state index contributed by atoms with van der Waals surface area (Å²) in [5, 5.41) is 0.366. The maximum Gasteiger partial charge on any atom is 0.253 e. The van der Waals surface area contributed by atoms with Crippen LogP contribution in [0.5, 0.6) is 0 Å². The van der Waals surface area contributed by atoms with Crippen LogP contribution in [0.15, 0.2) is 36.4 Å². The summed E-state index contributed by atoms with van der Waals surface area (Å²) in [7, 11) is 0. The molecule has 0 N–H and O–H groups in total. The zero-order valence-electron chi connectivity index (χ0n) is 8.04. The predicted molar refractivity (Wildman–Crippen MR) is 64.3 cm³/mol. The average molecular weight is 253 g/mol. The minimum atomic E-state index is -0.557. The van der Waals surface area contributed by atoms with Crippen molar-refractivity contribution in [2.24, 2.45) is 0 Å². The van der Waals surface area contributed by atoms with Crippen molar-refractivity contribution in [1.82, 2.24) is 0 Å². The van der Waals surface area contributed by atoms with Gasteiger partial charge in [0.05, 0.1) is 0 Å². The Morgan fingerprint density at radius 2 is 1.69 bits per heavy atom. The Hall–Kier alpha value is -1.38. The lowest BCUT2D eigenvalue weighted by Crippen LogP contribution is -1.93. The molecular weight excluding hydrogens is 247 g/mol. The molecule has 2 aromatic carbocycles. The third-order valence-corrected chi connectivity index (χ3v) is 2.74. The van der Waals surface area contributed by atoms with Gasteiger partial charge in [0, 0.05) is 11.1 Å². The van der Waals surface area contributed by atoms with E-state index in [4.69, 9.17) is 23.2 Å². The summed E-state index contributed by atoms with van der Waals surface area (Å²) >= 11 is 10.8. The van der Waals surface area contributed by atoms with Crippen LogP contribution < -0.4 is 0 Å². The van der Waals surface area contributed by atoms with Crippen LogP contribution in [-0.4, -0.2) is 10.5 Å². The Bertz CT molecular complexity index is 591. The first-order valence-electron chi connectivity index (χ1n) is 4.52. The van der Waals surface area contributed by atoms with Crippen molar-refractivity contribution in [3.8, 4) is 0 Å². The van der Waals surface area contributed by atoms with E-state index in [0.717, 1.165) is 5.39 Å². The molecule has 4 heteroatoms. The minimum absolute atomic E-state index is 0.347. The van der Waals surface area contributed by atoms with Crippen LogP contribution in [0.1, 0.15) is 20.7 Å². The largest absolute Gasteiger partial charge is 0.276 e. The molecule has 0 saturated carbocycles. The van der Waals surface area contributed by atoms with E-state index in [1.165, 1.54) is 0 Å². The fourth-order valence-corrected chi connectivity index (χ4v) is 1.85. The zero-order chi connectivity index (χ0) is 11.7. The van der Waals surface area contributed by atoms with Crippen LogP contribution in [0.2, 0.25) is 0 Å². The predicted octanol–water partition coefficient (Wildman–Crippen LogP) is 3.60.